The molecule has 1 aliphatic heterocycles. The monoisotopic (exact) mass is 317 g/mol. The average molecular weight is 318 g/mol. The maximum Gasteiger partial charge on any atom is 0.222 e. The van der Waals surface area contributed by atoms with Crippen LogP contribution in [0.15, 0.2) is 24.3 Å². The Labute approximate surface area is 135 Å². The van der Waals surface area contributed by atoms with E-state index in [1.807, 2.05) is 29.2 Å². The number of carbonyl (C=O) groups excluding carboxylic acids is 1. The molecule has 3 rings (SSSR count). The van der Waals surface area contributed by atoms with Crippen LogP contribution in [-0.4, -0.2) is 27.5 Å². The van der Waals surface area contributed by atoms with Crippen LogP contribution in [0.4, 0.5) is 0 Å². The van der Waals surface area contributed by atoms with E-state index in [1.54, 1.807) is 0 Å². The zero-order valence-corrected chi connectivity index (χ0v) is 13.5. The normalized spacial score (nSPS) is 14.0. The molecular weight excluding hydrogens is 298 g/mol. The summed E-state index contributed by atoms with van der Waals surface area (Å²) < 4.78 is 0. The highest BCUT2D eigenvalue weighted by molar-refractivity contribution is 6.30. The number of aromatic amines is 1. The molecule has 22 heavy (non-hydrogen) atoms. The number of H-pyrrole nitrogens is 1. The van der Waals surface area contributed by atoms with Crippen molar-refractivity contribution in [2.75, 3.05) is 6.54 Å². The first-order chi connectivity index (χ1) is 10.7. The molecule has 4 nitrogen and oxygen atoms in total. The summed E-state index contributed by atoms with van der Waals surface area (Å²) in [5.41, 5.74) is 4.24. The number of nitrogens with one attached hydrogen (secondary N) is 1. The van der Waals surface area contributed by atoms with Gasteiger partial charge >= 0.3 is 0 Å². The largest absolute Gasteiger partial charge is 0.338 e. The second-order valence-electron chi connectivity index (χ2n) is 5.71. The van der Waals surface area contributed by atoms with Crippen LogP contribution >= 0.6 is 11.6 Å². The van der Waals surface area contributed by atoms with Crippen LogP contribution in [0.3, 0.4) is 0 Å². The smallest absolute Gasteiger partial charge is 0.222 e. The van der Waals surface area contributed by atoms with Crippen LogP contribution < -0.4 is 0 Å². The number of fused-ring (bicyclic) bond motifs is 1. The van der Waals surface area contributed by atoms with Crippen LogP contribution in [0.25, 0.3) is 11.3 Å². The molecule has 0 aliphatic carbocycles. The summed E-state index contributed by atoms with van der Waals surface area (Å²) in [7, 11) is 0. The van der Waals surface area contributed by atoms with E-state index in [9.17, 15) is 4.79 Å². The number of unbranched alkanes of at least 4 members (excludes halogenated alkanes) is 1. The van der Waals surface area contributed by atoms with Crippen molar-refractivity contribution in [2.24, 2.45) is 0 Å². The van der Waals surface area contributed by atoms with Gasteiger partial charge in [-0.05, 0) is 18.6 Å². The Bertz CT molecular complexity index is 663. The Hall–Kier alpha value is -1.81. The van der Waals surface area contributed by atoms with E-state index in [0.717, 1.165) is 48.3 Å². The minimum Gasteiger partial charge on any atom is -0.338 e. The minimum absolute atomic E-state index is 0.246. The number of hydrogen-bond donors (Lipinski definition) is 1. The number of hydrogen-bond acceptors (Lipinski definition) is 2. The maximum atomic E-state index is 12.3. The Kier molecular flexibility index (Phi) is 4.48. The molecule has 1 amide bonds. The zero-order valence-electron chi connectivity index (χ0n) is 12.7. The molecule has 0 unspecified atom stereocenters. The molecule has 0 saturated heterocycles. The molecule has 0 fully saturated rings. The standard InChI is InChI=1S/C17H20ClN3O/c1-2-3-4-16(22)21-10-9-15-14(11-21)17(20-19-15)12-5-7-13(18)8-6-12/h5-8H,2-4,9-11H2,1H3,(H,19,20). The van der Waals surface area contributed by atoms with Gasteiger partial charge in [-0.2, -0.15) is 5.10 Å². The van der Waals surface area contributed by atoms with Crippen LogP contribution in [-0.2, 0) is 17.8 Å². The van der Waals surface area contributed by atoms with Crippen molar-refractivity contribution in [2.45, 2.75) is 39.2 Å². The Balaban J connectivity index is 1.82. The lowest BCUT2D eigenvalue weighted by Gasteiger charge is -2.27. The summed E-state index contributed by atoms with van der Waals surface area (Å²) in [5.74, 6) is 0.246. The highest BCUT2D eigenvalue weighted by Gasteiger charge is 2.25. The fourth-order valence-electron chi connectivity index (χ4n) is 2.84. The Morgan fingerprint density at radius 1 is 1.36 bits per heavy atom. The first kappa shape index (κ1) is 15.1. The predicted molar refractivity (Wildman–Crippen MR) is 87.7 cm³/mol. The van der Waals surface area contributed by atoms with Crippen molar-refractivity contribution in [1.82, 2.24) is 15.1 Å². The molecule has 1 N–H and O–H groups in total. The van der Waals surface area contributed by atoms with Crippen LogP contribution in [0, 0.1) is 0 Å². The van der Waals surface area contributed by atoms with Crippen molar-refractivity contribution >= 4 is 17.5 Å². The van der Waals surface area contributed by atoms with E-state index < -0.39 is 0 Å². The average Bonchev–Trinajstić information content (AvgIpc) is 2.96. The van der Waals surface area contributed by atoms with Gasteiger partial charge in [-0.3, -0.25) is 9.89 Å². The van der Waals surface area contributed by atoms with Gasteiger partial charge in [0.05, 0.1) is 5.69 Å². The summed E-state index contributed by atoms with van der Waals surface area (Å²) in [4.78, 5) is 14.2. The van der Waals surface area contributed by atoms with Gasteiger partial charge in [0.15, 0.2) is 0 Å². The van der Waals surface area contributed by atoms with Crippen LogP contribution in [0.2, 0.25) is 5.02 Å². The van der Waals surface area contributed by atoms with Crippen molar-refractivity contribution in [3.05, 3.63) is 40.5 Å². The molecule has 0 saturated carbocycles. The van der Waals surface area contributed by atoms with Gasteiger partial charge in [-0.1, -0.05) is 37.1 Å². The first-order valence-electron chi connectivity index (χ1n) is 7.79. The zero-order chi connectivity index (χ0) is 15.5. The van der Waals surface area contributed by atoms with Gasteiger partial charge in [0, 0.05) is 47.8 Å². The molecule has 0 bridgehead atoms. The summed E-state index contributed by atoms with van der Waals surface area (Å²) in [6.45, 7) is 3.53. The Morgan fingerprint density at radius 2 is 2.14 bits per heavy atom. The maximum absolute atomic E-state index is 12.3. The quantitative estimate of drug-likeness (QED) is 0.932. The third-order valence-corrected chi connectivity index (χ3v) is 4.40. The second-order valence-corrected chi connectivity index (χ2v) is 6.14. The number of benzene rings is 1. The third-order valence-electron chi connectivity index (χ3n) is 4.15. The number of carbonyl (C=O) groups is 1. The van der Waals surface area contributed by atoms with Gasteiger partial charge in [0.2, 0.25) is 5.91 Å². The molecule has 0 radical (unpaired) electrons. The van der Waals surface area contributed by atoms with Crippen molar-refractivity contribution < 1.29 is 4.79 Å². The lowest BCUT2D eigenvalue weighted by molar-refractivity contribution is -0.132. The molecule has 0 spiro atoms. The topological polar surface area (TPSA) is 49.0 Å². The lowest BCUT2D eigenvalue weighted by Crippen LogP contribution is -2.35. The number of halogens is 1. The first-order valence-corrected chi connectivity index (χ1v) is 8.16. The van der Waals surface area contributed by atoms with E-state index in [4.69, 9.17) is 11.6 Å². The van der Waals surface area contributed by atoms with E-state index in [1.165, 1.54) is 0 Å². The molecule has 1 aromatic heterocycles. The molecule has 0 atom stereocenters. The molecule has 2 heterocycles. The number of rotatable bonds is 4. The minimum atomic E-state index is 0.246. The molecule has 1 aliphatic rings. The molecule has 5 heteroatoms. The van der Waals surface area contributed by atoms with Crippen molar-refractivity contribution in [3.63, 3.8) is 0 Å². The number of nitrogens with zero attached hydrogens (tertiary/aromatic N) is 2. The highest BCUT2D eigenvalue weighted by Crippen LogP contribution is 2.29. The van der Waals surface area contributed by atoms with Crippen molar-refractivity contribution in [3.8, 4) is 11.3 Å². The fourth-order valence-corrected chi connectivity index (χ4v) is 2.97. The summed E-state index contributed by atoms with van der Waals surface area (Å²) in [5, 5.41) is 8.28. The number of amides is 1. The van der Waals surface area contributed by atoms with Gasteiger partial charge in [-0.25, -0.2) is 0 Å². The molecule has 1 aromatic carbocycles. The SMILES string of the molecule is CCCCC(=O)N1CCc2[nH]nc(-c3ccc(Cl)cc3)c2C1. The highest BCUT2D eigenvalue weighted by atomic mass is 35.5. The predicted octanol–water partition coefficient (Wildman–Crippen LogP) is 3.81. The van der Waals surface area contributed by atoms with E-state index >= 15 is 0 Å². The fraction of sp³-hybridized carbons (Fsp3) is 0.412. The van der Waals surface area contributed by atoms with E-state index in [0.29, 0.717) is 18.0 Å². The number of aromatic nitrogens is 2. The molecule has 2 aromatic rings. The van der Waals surface area contributed by atoms with Crippen molar-refractivity contribution in [1.29, 1.82) is 0 Å². The summed E-state index contributed by atoms with van der Waals surface area (Å²) >= 11 is 5.95. The summed E-state index contributed by atoms with van der Waals surface area (Å²) in [6.07, 6.45) is 3.48. The molecular formula is C17H20ClN3O. The Morgan fingerprint density at radius 3 is 2.86 bits per heavy atom. The second kappa shape index (κ2) is 6.53. The van der Waals surface area contributed by atoms with Gasteiger partial charge in [0.1, 0.15) is 0 Å². The van der Waals surface area contributed by atoms with Crippen LogP contribution in [0.5, 0.6) is 0 Å². The van der Waals surface area contributed by atoms with Gasteiger partial charge in [-0.15, -0.1) is 0 Å². The van der Waals surface area contributed by atoms with E-state index in [-0.39, 0.29) is 5.91 Å². The summed E-state index contributed by atoms with van der Waals surface area (Å²) in [6, 6.07) is 7.67. The van der Waals surface area contributed by atoms with Crippen LogP contribution in [0.1, 0.15) is 37.4 Å². The lowest BCUT2D eigenvalue weighted by atomic mass is 10.0. The third kappa shape index (κ3) is 3.02. The van der Waals surface area contributed by atoms with Gasteiger partial charge in [0.25, 0.3) is 0 Å². The van der Waals surface area contributed by atoms with Gasteiger partial charge < -0.3 is 4.90 Å². The molecule has 116 valence electrons. The van der Waals surface area contributed by atoms with E-state index in [2.05, 4.69) is 17.1 Å².